The van der Waals surface area contributed by atoms with Gasteiger partial charge in [0, 0.05) is 7.11 Å². The average molecular weight is 371 g/mol. The van der Waals surface area contributed by atoms with Crippen LogP contribution in [0.2, 0.25) is 0 Å². The minimum Gasteiger partial charge on any atom is -0.395 e. The second-order valence-electron chi connectivity index (χ2n) is 5.88. The molecule has 1 unspecified atom stereocenters. The highest BCUT2D eigenvalue weighted by Crippen LogP contribution is 2.33. The zero-order chi connectivity index (χ0) is 18.0. The van der Waals surface area contributed by atoms with Crippen molar-refractivity contribution >= 4 is 11.8 Å². The van der Waals surface area contributed by atoms with Gasteiger partial charge in [-0.15, -0.1) is 11.8 Å². The third-order valence-corrected chi connectivity index (χ3v) is 5.85. The SMILES string of the molecule is CO[C@H]1O[C@H](CO)[C@@H](O)[C@H](O)[C@@H]1NC1S[C@H](CO)[C@@H](O)[C@H](O)[C@@H]1O. The highest BCUT2D eigenvalue weighted by molar-refractivity contribution is 8.00. The van der Waals surface area contributed by atoms with E-state index in [9.17, 15) is 30.6 Å². The lowest BCUT2D eigenvalue weighted by molar-refractivity contribution is -0.264. The first-order chi connectivity index (χ1) is 11.3. The monoisotopic (exact) mass is 371 g/mol. The largest absolute Gasteiger partial charge is 0.395 e. The van der Waals surface area contributed by atoms with Crippen LogP contribution in [0.1, 0.15) is 0 Å². The second-order valence-corrected chi connectivity index (χ2v) is 7.27. The van der Waals surface area contributed by atoms with Crippen molar-refractivity contribution in [1.29, 1.82) is 0 Å². The van der Waals surface area contributed by atoms with E-state index in [1.807, 2.05) is 0 Å². The molecule has 0 radical (unpaired) electrons. The number of aliphatic hydroxyl groups excluding tert-OH is 7. The lowest BCUT2D eigenvalue weighted by Gasteiger charge is -2.46. The molecular weight excluding hydrogens is 346 g/mol. The number of hydrogen-bond acceptors (Lipinski definition) is 11. The summed E-state index contributed by atoms with van der Waals surface area (Å²) in [5.41, 5.74) is 0. The Labute approximate surface area is 143 Å². The van der Waals surface area contributed by atoms with E-state index < -0.39 is 72.8 Å². The quantitative estimate of drug-likeness (QED) is 0.234. The highest BCUT2D eigenvalue weighted by Gasteiger charge is 2.49. The third kappa shape index (κ3) is 3.86. The van der Waals surface area contributed by atoms with Crippen LogP contribution < -0.4 is 5.32 Å². The predicted molar refractivity (Wildman–Crippen MR) is 82.0 cm³/mol. The Morgan fingerprint density at radius 1 is 0.917 bits per heavy atom. The predicted octanol–water partition coefficient (Wildman–Crippen LogP) is -4.45. The van der Waals surface area contributed by atoms with Gasteiger partial charge in [0.15, 0.2) is 6.29 Å². The van der Waals surface area contributed by atoms with E-state index in [0.717, 1.165) is 11.8 Å². The second kappa shape index (κ2) is 8.56. The molecule has 0 aromatic rings. The van der Waals surface area contributed by atoms with Gasteiger partial charge in [-0.3, -0.25) is 5.32 Å². The number of aliphatic hydroxyl groups is 7. The molecular formula is C13H25NO9S. The van der Waals surface area contributed by atoms with Crippen molar-refractivity contribution in [1.82, 2.24) is 5.32 Å². The summed E-state index contributed by atoms with van der Waals surface area (Å²) in [6, 6.07) is -0.971. The molecule has 11 heteroatoms. The maximum Gasteiger partial charge on any atom is 0.175 e. The number of nitrogens with one attached hydrogen (secondary N) is 1. The average Bonchev–Trinajstić information content (AvgIpc) is 2.59. The summed E-state index contributed by atoms with van der Waals surface area (Å²) >= 11 is 0.993. The van der Waals surface area contributed by atoms with Gasteiger partial charge in [-0.25, -0.2) is 0 Å². The van der Waals surface area contributed by atoms with Crippen LogP contribution in [-0.2, 0) is 9.47 Å². The van der Waals surface area contributed by atoms with Crippen LogP contribution in [0.3, 0.4) is 0 Å². The minimum absolute atomic E-state index is 0.416. The van der Waals surface area contributed by atoms with Gasteiger partial charge in [-0.05, 0) is 0 Å². The molecule has 10 atom stereocenters. The molecule has 0 saturated carbocycles. The molecule has 2 aliphatic heterocycles. The van der Waals surface area contributed by atoms with Crippen molar-refractivity contribution in [2.45, 2.75) is 59.6 Å². The fourth-order valence-corrected chi connectivity index (χ4v) is 4.23. The topological polar surface area (TPSA) is 172 Å². The van der Waals surface area contributed by atoms with Crippen LogP contribution in [0.25, 0.3) is 0 Å². The van der Waals surface area contributed by atoms with Gasteiger partial charge in [0.1, 0.15) is 30.5 Å². The van der Waals surface area contributed by atoms with Crippen LogP contribution >= 0.6 is 11.8 Å². The molecule has 24 heavy (non-hydrogen) atoms. The molecule has 2 heterocycles. The Morgan fingerprint density at radius 3 is 2.12 bits per heavy atom. The Kier molecular flexibility index (Phi) is 7.22. The van der Waals surface area contributed by atoms with Crippen LogP contribution in [0.5, 0.6) is 0 Å². The standard InChI is InChI=1S/C13H25NO9S/c1-22-13-6(9(19)7(17)4(2-15)23-13)14-12-11(21)10(20)8(18)5(3-16)24-12/h4-21H,2-3H2,1H3/t4-,5-,6+,7-,8-,9-,10+,11+,12?,13+/m1/s1. The molecule has 0 spiro atoms. The first-order valence-electron chi connectivity index (χ1n) is 7.57. The fraction of sp³-hybridized carbons (Fsp3) is 1.00. The molecule has 0 bridgehead atoms. The molecule has 0 aliphatic carbocycles. The maximum atomic E-state index is 10.3. The summed E-state index contributed by atoms with van der Waals surface area (Å²) in [5, 5.41) is 69.8. The molecule has 142 valence electrons. The van der Waals surface area contributed by atoms with Crippen molar-refractivity contribution in [3.8, 4) is 0 Å². The molecule has 2 fully saturated rings. The maximum absolute atomic E-state index is 10.3. The number of ether oxygens (including phenoxy) is 2. The van der Waals surface area contributed by atoms with Crippen LogP contribution in [0, 0.1) is 0 Å². The van der Waals surface area contributed by atoms with Crippen molar-refractivity contribution in [2.75, 3.05) is 20.3 Å². The summed E-state index contributed by atoms with van der Waals surface area (Å²) < 4.78 is 10.5. The van der Waals surface area contributed by atoms with Gasteiger partial charge in [0.25, 0.3) is 0 Å². The molecule has 2 aliphatic rings. The molecule has 2 saturated heterocycles. The lowest BCUT2D eigenvalue weighted by atomic mass is 9.96. The minimum atomic E-state index is -1.49. The van der Waals surface area contributed by atoms with Crippen LogP contribution in [0.15, 0.2) is 0 Å². The van der Waals surface area contributed by atoms with E-state index in [-0.39, 0.29) is 0 Å². The summed E-state index contributed by atoms with van der Waals surface area (Å²) in [5.74, 6) is 0. The lowest BCUT2D eigenvalue weighted by Crippen LogP contribution is -2.68. The molecule has 0 aromatic carbocycles. The van der Waals surface area contributed by atoms with E-state index >= 15 is 0 Å². The van der Waals surface area contributed by atoms with E-state index in [1.165, 1.54) is 7.11 Å². The third-order valence-electron chi connectivity index (χ3n) is 4.36. The number of thioether (sulfide) groups is 1. The smallest absolute Gasteiger partial charge is 0.175 e. The zero-order valence-corrected chi connectivity index (χ0v) is 13.9. The molecule has 0 amide bonds. The molecule has 0 aromatic heterocycles. The van der Waals surface area contributed by atoms with Crippen molar-refractivity contribution in [2.24, 2.45) is 0 Å². The zero-order valence-electron chi connectivity index (χ0n) is 13.0. The summed E-state index contributed by atoms with van der Waals surface area (Å²) in [7, 11) is 1.32. The van der Waals surface area contributed by atoms with E-state index in [0.29, 0.717) is 0 Å². The van der Waals surface area contributed by atoms with Gasteiger partial charge in [-0.2, -0.15) is 0 Å². The highest BCUT2D eigenvalue weighted by atomic mass is 32.2. The Bertz CT molecular complexity index is 402. The normalized spacial score (nSPS) is 50.0. The molecule has 10 nitrogen and oxygen atoms in total. The Hall–Kier alpha value is -0.0500. The molecule has 2 rings (SSSR count). The Balaban J connectivity index is 2.12. The number of methoxy groups -OCH3 is 1. The number of rotatable bonds is 5. The van der Waals surface area contributed by atoms with Gasteiger partial charge in [0.2, 0.25) is 0 Å². The van der Waals surface area contributed by atoms with Gasteiger partial charge in [0.05, 0.1) is 36.0 Å². The summed E-state index contributed by atoms with van der Waals surface area (Å²) in [6.07, 6.45) is -8.97. The van der Waals surface area contributed by atoms with Crippen molar-refractivity contribution in [3.63, 3.8) is 0 Å². The molecule has 8 N–H and O–H groups in total. The van der Waals surface area contributed by atoms with Gasteiger partial charge >= 0.3 is 0 Å². The van der Waals surface area contributed by atoms with E-state index in [1.54, 1.807) is 0 Å². The van der Waals surface area contributed by atoms with Crippen LogP contribution in [0.4, 0.5) is 0 Å². The van der Waals surface area contributed by atoms with Gasteiger partial charge in [-0.1, -0.05) is 0 Å². The Morgan fingerprint density at radius 2 is 1.58 bits per heavy atom. The summed E-state index contributed by atoms with van der Waals surface area (Å²) in [6.45, 7) is -0.927. The number of hydrogen-bond donors (Lipinski definition) is 8. The first kappa shape index (κ1) is 20.3. The van der Waals surface area contributed by atoms with E-state index in [2.05, 4.69) is 5.32 Å². The van der Waals surface area contributed by atoms with Crippen molar-refractivity contribution < 1.29 is 45.2 Å². The van der Waals surface area contributed by atoms with E-state index in [4.69, 9.17) is 14.6 Å². The first-order valence-corrected chi connectivity index (χ1v) is 8.51. The van der Waals surface area contributed by atoms with Crippen LogP contribution in [-0.4, -0.2) is 116 Å². The van der Waals surface area contributed by atoms with Crippen molar-refractivity contribution in [3.05, 3.63) is 0 Å². The summed E-state index contributed by atoms with van der Waals surface area (Å²) in [4.78, 5) is 0. The van der Waals surface area contributed by atoms with Gasteiger partial charge < -0.3 is 45.2 Å². The fourth-order valence-electron chi connectivity index (χ4n) is 2.89.